The third kappa shape index (κ3) is 5.78. The summed E-state index contributed by atoms with van der Waals surface area (Å²) in [5, 5.41) is 2.47. The molecule has 0 spiro atoms. The summed E-state index contributed by atoms with van der Waals surface area (Å²) in [7, 11) is 0. The van der Waals surface area contributed by atoms with Gasteiger partial charge in [-0.15, -0.1) is 0 Å². The monoisotopic (exact) mass is 479 g/mol. The Kier molecular flexibility index (Phi) is 7.71. The molecule has 0 radical (unpaired) electrons. The number of carbonyl (C=O) groups is 1. The van der Waals surface area contributed by atoms with Gasteiger partial charge in [0.1, 0.15) is 5.75 Å². The van der Waals surface area contributed by atoms with Crippen molar-refractivity contribution in [2.45, 2.75) is 52.1 Å². The highest BCUT2D eigenvalue weighted by molar-refractivity contribution is 6.05. The molecule has 0 fully saturated rings. The van der Waals surface area contributed by atoms with Crippen LogP contribution in [-0.4, -0.2) is 24.9 Å². The third-order valence-electron chi connectivity index (χ3n) is 5.01. The predicted octanol–water partition coefficient (Wildman–Crippen LogP) is 7.27. The second-order valence-corrected chi connectivity index (χ2v) is 8.15. The SMILES string of the molecule is Cc1cc(C(F)(C(F)(F)F)C(F)(F)F)cc(C)c1NC(=O)c1cccc(OCCC(C)C)c1. The minimum Gasteiger partial charge on any atom is -0.494 e. The average molecular weight is 479 g/mol. The summed E-state index contributed by atoms with van der Waals surface area (Å²) in [6.45, 7) is 6.86. The fraction of sp³-hybridized carbons (Fsp3) is 0.435. The Labute approximate surface area is 186 Å². The van der Waals surface area contributed by atoms with Gasteiger partial charge in [-0.05, 0) is 55.5 Å². The summed E-state index contributed by atoms with van der Waals surface area (Å²) in [6, 6.07) is 7.05. The quantitative estimate of drug-likeness (QED) is 0.424. The zero-order chi connectivity index (χ0) is 25.2. The van der Waals surface area contributed by atoms with Crippen molar-refractivity contribution in [3.05, 3.63) is 58.7 Å². The summed E-state index contributed by atoms with van der Waals surface area (Å²) in [5.41, 5.74) is -7.29. The van der Waals surface area contributed by atoms with Crippen LogP contribution in [0.5, 0.6) is 5.75 Å². The third-order valence-corrected chi connectivity index (χ3v) is 5.01. The van der Waals surface area contributed by atoms with E-state index in [4.69, 9.17) is 4.74 Å². The van der Waals surface area contributed by atoms with Gasteiger partial charge in [0.25, 0.3) is 5.91 Å². The van der Waals surface area contributed by atoms with Crippen LogP contribution >= 0.6 is 0 Å². The highest BCUT2D eigenvalue weighted by atomic mass is 19.4. The van der Waals surface area contributed by atoms with E-state index in [1.165, 1.54) is 26.0 Å². The molecule has 0 aliphatic heterocycles. The number of ether oxygens (including phenoxy) is 1. The second-order valence-electron chi connectivity index (χ2n) is 8.15. The number of rotatable bonds is 7. The molecule has 2 aromatic carbocycles. The van der Waals surface area contributed by atoms with E-state index in [0.717, 1.165) is 6.42 Å². The van der Waals surface area contributed by atoms with E-state index in [-0.39, 0.29) is 22.4 Å². The van der Waals surface area contributed by atoms with E-state index in [9.17, 15) is 35.5 Å². The summed E-state index contributed by atoms with van der Waals surface area (Å²) in [5.74, 6) is 0.203. The molecule has 1 amide bonds. The molecular weight excluding hydrogens is 455 g/mol. The smallest absolute Gasteiger partial charge is 0.435 e. The number of aryl methyl sites for hydroxylation is 2. The number of hydrogen-bond donors (Lipinski definition) is 1. The van der Waals surface area contributed by atoms with Crippen molar-refractivity contribution < 1.29 is 40.3 Å². The van der Waals surface area contributed by atoms with Gasteiger partial charge in [-0.25, -0.2) is 4.39 Å². The first kappa shape index (κ1) is 26.5. The molecular formula is C23H24F7NO2. The highest BCUT2D eigenvalue weighted by Gasteiger charge is 2.73. The molecule has 0 unspecified atom stereocenters. The van der Waals surface area contributed by atoms with E-state index < -0.39 is 29.5 Å². The molecule has 0 heterocycles. The van der Waals surface area contributed by atoms with E-state index in [1.54, 1.807) is 12.1 Å². The first-order chi connectivity index (χ1) is 15.1. The van der Waals surface area contributed by atoms with Gasteiger partial charge in [-0.3, -0.25) is 4.79 Å². The van der Waals surface area contributed by atoms with E-state index in [2.05, 4.69) is 5.32 Å². The molecule has 10 heteroatoms. The van der Waals surface area contributed by atoms with Crippen LogP contribution in [0.25, 0.3) is 0 Å². The number of alkyl halides is 7. The topological polar surface area (TPSA) is 38.3 Å². The zero-order valence-electron chi connectivity index (χ0n) is 18.4. The summed E-state index contributed by atoms with van der Waals surface area (Å²) in [4.78, 5) is 12.7. The van der Waals surface area contributed by atoms with Crippen molar-refractivity contribution >= 4 is 11.6 Å². The van der Waals surface area contributed by atoms with Gasteiger partial charge in [-0.1, -0.05) is 32.0 Å². The van der Waals surface area contributed by atoms with Crippen LogP contribution in [0.15, 0.2) is 36.4 Å². The standard InChI is InChI=1S/C23H24F7NO2/c1-13(2)8-9-33-18-7-5-6-16(12-18)20(32)31-19-14(3)10-17(11-15(19)4)21(24,22(25,26)27)23(28,29)30/h5-7,10-13H,8-9H2,1-4H3,(H,31,32). The first-order valence-corrected chi connectivity index (χ1v) is 10.1. The van der Waals surface area contributed by atoms with Crippen LogP contribution < -0.4 is 10.1 Å². The van der Waals surface area contributed by atoms with Crippen molar-refractivity contribution in [3.63, 3.8) is 0 Å². The van der Waals surface area contributed by atoms with Crippen molar-refractivity contribution in [3.8, 4) is 5.75 Å². The summed E-state index contributed by atoms with van der Waals surface area (Å²) in [6.07, 6.45) is -11.6. The van der Waals surface area contributed by atoms with Gasteiger partial charge in [0.15, 0.2) is 0 Å². The highest BCUT2D eigenvalue weighted by Crippen LogP contribution is 2.53. The number of hydrogen-bond acceptors (Lipinski definition) is 2. The van der Waals surface area contributed by atoms with Crippen LogP contribution in [0.3, 0.4) is 0 Å². The molecule has 2 aromatic rings. The van der Waals surface area contributed by atoms with Gasteiger partial charge in [0.2, 0.25) is 0 Å². The Balaban J connectivity index is 2.32. The number of anilines is 1. The van der Waals surface area contributed by atoms with Gasteiger partial charge in [0, 0.05) is 16.8 Å². The van der Waals surface area contributed by atoms with Gasteiger partial charge in [0.05, 0.1) is 6.61 Å². The molecule has 0 bridgehead atoms. The molecule has 0 saturated carbocycles. The number of benzene rings is 2. The van der Waals surface area contributed by atoms with Gasteiger partial charge in [-0.2, -0.15) is 26.3 Å². The Bertz CT molecular complexity index is 960. The average Bonchev–Trinajstić information content (AvgIpc) is 2.68. The van der Waals surface area contributed by atoms with Gasteiger partial charge < -0.3 is 10.1 Å². The molecule has 0 aliphatic rings. The number of halogens is 7. The molecule has 0 saturated heterocycles. The van der Waals surface area contributed by atoms with Crippen molar-refractivity contribution in [1.82, 2.24) is 0 Å². The van der Waals surface area contributed by atoms with Gasteiger partial charge >= 0.3 is 18.0 Å². The van der Waals surface area contributed by atoms with E-state index >= 15 is 0 Å². The lowest BCUT2D eigenvalue weighted by molar-refractivity contribution is -0.348. The number of carbonyl (C=O) groups excluding carboxylic acids is 1. The Morgan fingerprint density at radius 2 is 1.48 bits per heavy atom. The molecule has 0 aromatic heterocycles. The Morgan fingerprint density at radius 1 is 0.939 bits per heavy atom. The molecule has 3 nitrogen and oxygen atoms in total. The van der Waals surface area contributed by atoms with E-state index in [1.807, 2.05) is 13.8 Å². The number of amides is 1. The van der Waals surface area contributed by atoms with Crippen LogP contribution in [0.2, 0.25) is 0 Å². The van der Waals surface area contributed by atoms with Crippen molar-refractivity contribution in [2.75, 3.05) is 11.9 Å². The van der Waals surface area contributed by atoms with Crippen LogP contribution in [0.4, 0.5) is 36.4 Å². The van der Waals surface area contributed by atoms with Crippen molar-refractivity contribution in [1.29, 1.82) is 0 Å². The lowest BCUT2D eigenvalue weighted by atomic mass is 9.90. The fourth-order valence-corrected chi connectivity index (χ4v) is 3.17. The maximum atomic E-state index is 14.4. The van der Waals surface area contributed by atoms with Crippen molar-refractivity contribution in [2.24, 2.45) is 5.92 Å². The lowest BCUT2D eigenvalue weighted by Crippen LogP contribution is -2.50. The summed E-state index contributed by atoms with van der Waals surface area (Å²) >= 11 is 0. The lowest BCUT2D eigenvalue weighted by Gasteiger charge is -2.31. The molecule has 1 N–H and O–H groups in total. The molecule has 33 heavy (non-hydrogen) atoms. The molecule has 0 atom stereocenters. The van der Waals surface area contributed by atoms with E-state index in [0.29, 0.717) is 30.4 Å². The predicted molar refractivity (Wildman–Crippen MR) is 110 cm³/mol. The summed E-state index contributed by atoms with van der Waals surface area (Å²) < 4.78 is 98.4. The van der Waals surface area contributed by atoms with Crippen LogP contribution in [0, 0.1) is 19.8 Å². The molecule has 182 valence electrons. The second kappa shape index (κ2) is 9.61. The largest absolute Gasteiger partial charge is 0.494 e. The first-order valence-electron chi connectivity index (χ1n) is 10.1. The normalized spacial score (nSPS) is 12.7. The molecule has 0 aliphatic carbocycles. The minimum atomic E-state index is -6.22. The van der Waals surface area contributed by atoms with Crippen LogP contribution in [0.1, 0.15) is 47.3 Å². The Morgan fingerprint density at radius 3 is 1.97 bits per heavy atom. The maximum Gasteiger partial charge on any atom is 0.435 e. The maximum absolute atomic E-state index is 14.4. The molecule has 2 rings (SSSR count). The zero-order valence-corrected chi connectivity index (χ0v) is 18.4. The Hall–Kier alpha value is -2.78. The minimum absolute atomic E-state index is 0.0124. The van der Waals surface area contributed by atoms with Crippen LogP contribution in [-0.2, 0) is 5.67 Å². The number of nitrogens with one attached hydrogen (secondary N) is 1. The fourth-order valence-electron chi connectivity index (χ4n) is 3.17.